The number of hydrogen-bond acceptors (Lipinski definition) is 6. The molecular formula is C22H21N5O5S. The zero-order valence-corrected chi connectivity index (χ0v) is 18.6. The van der Waals surface area contributed by atoms with Gasteiger partial charge in [-0.25, -0.2) is 8.42 Å². The molecule has 0 saturated carbocycles. The van der Waals surface area contributed by atoms with Crippen LogP contribution in [0.1, 0.15) is 17.3 Å². The van der Waals surface area contributed by atoms with Crippen molar-refractivity contribution < 1.29 is 17.9 Å². The molecule has 0 saturated heterocycles. The fourth-order valence-electron chi connectivity index (χ4n) is 3.25. The number of benzene rings is 2. The number of sulfonamides is 1. The average Bonchev–Trinajstić information content (AvgIpc) is 3.18. The molecule has 4 rings (SSSR count). The molecule has 0 fully saturated rings. The maximum absolute atomic E-state index is 13.0. The van der Waals surface area contributed by atoms with E-state index in [2.05, 4.69) is 20.1 Å². The molecule has 0 atom stereocenters. The molecule has 1 amide bonds. The van der Waals surface area contributed by atoms with Gasteiger partial charge >= 0.3 is 0 Å². The molecule has 3 N–H and O–H groups in total. The number of anilines is 2. The summed E-state index contributed by atoms with van der Waals surface area (Å²) in [6.45, 7) is 2.36. The zero-order valence-electron chi connectivity index (χ0n) is 17.8. The number of fused-ring (bicyclic) bond motifs is 1. The Balaban J connectivity index is 1.68. The lowest BCUT2D eigenvalue weighted by atomic mass is 10.1. The first kappa shape index (κ1) is 22.1. The zero-order chi connectivity index (χ0) is 23.6. The van der Waals surface area contributed by atoms with Crippen molar-refractivity contribution in [3.8, 4) is 5.75 Å². The predicted molar refractivity (Wildman–Crippen MR) is 124 cm³/mol. The first-order chi connectivity index (χ1) is 15.7. The standard InChI is InChI=1S/C22H21N5O5S/c1-3-32-15-6-4-14(5-7-15)26-33(30,31)16-8-9-19-17(12-16)18(13-21(28)23-19)22(29)24-20-10-11-27(2)25-20/h4-13,26H,3H2,1-2H3,(H,23,28)(H,24,25,29). The largest absolute Gasteiger partial charge is 0.494 e. The van der Waals surface area contributed by atoms with Crippen molar-refractivity contribution in [3.05, 3.63) is 76.7 Å². The highest BCUT2D eigenvalue weighted by Gasteiger charge is 2.19. The number of H-pyrrole nitrogens is 1. The highest BCUT2D eigenvalue weighted by Crippen LogP contribution is 2.24. The quantitative estimate of drug-likeness (QED) is 0.382. The highest BCUT2D eigenvalue weighted by atomic mass is 32.2. The normalized spacial score (nSPS) is 11.3. The minimum Gasteiger partial charge on any atom is -0.494 e. The van der Waals surface area contributed by atoms with Crippen LogP contribution in [0.3, 0.4) is 0 Å². The van der Waals surface area contributed by atoms with Crippen molar-refractivity contribution in [1.29, 1.82) is 0 Å². The summed E-state index contributed by atoms with van der Waals surface area (Å²) in [5, 5.41) is 6.97. The number of aromatic nitrogens is 3. The van der Waals surface area contributed by atoms with Gasteiger partial charge in [-0.15, -0.1) is 0 Å². The number of nitrogens with zero attached hydrogens (tertiary/aromatic N) is 2. The van der Waals surface area contributed by atoms with E-state index in [-0.39, 0.29) is 15.8 Å². The second-order valence-electron chi connectivity index (χ2n) is 7.15. The van der Waals surface area contributed by atoms with E-state index in [0.717, 1.165) is 6.07 Å². The Kier molecular flexibility index (Phi) is 5.88. The Hall–Kier alpha value is -4.12. The summed E-state index contributed by atoms with van der Waals surface area (Å²) in [7, 11) is -2.27. The van der Waals surface area contributed by atoms with Crippen LogP contribution >= 0.6 is 0 Å². The molecule has 10 nitrogen and oxygen atoms in total. The summed E-state index contributed by atoms with van der Waals surface area (Å²) in [6.07, 6.45) is 1.66. The summed E-state index contributed by atoms with van der Waals surface area (Å²) < 4.78 is 35.3. The molecule has 2 heterocycles. The average molecular weight is 468 g/mol. The van der Waals surface area contributed by atoms with Gasteiger partial charge in [0.2, 0.25) is 5.56 Å². The maximum atomic E-state index is 13.0. The molecule has 0 bridgehead atoms. The fraction of sp³-hybridized carbons (Fsp3) is 0.136. The van der Waals surface area contributed by atoms with E-state index in [0.29, 0.717) is 29.4 Å². The van der Waals surface area contributed by atoms with Crippen molar-refractivity contribution in [2.45, 2.75) is 11.8 Å². The van der Waals surface area contributed by atoms with Gasteiger partial charge in [0.15, 0.2) is 5.82 Å². The van der Waals surface area contributed by atoms with Gasteiger partial charge in [0, 0.05) is 42.0 Å². The minimum atomic E-state index is -3.97. The van der Waals surface area contributed by atoms with Crippen LogP contribution in [0.5, 0.6) is 5.75 Å². The molecule has 0 radical (unpaired) electrons. The molecule has 0 unspecified atom stereocenters. The van der Waals surface area contributed by atoms with E-state index in [4.69, 9.17) is 4.74 Å². The SMILES string of the molecule is CCOc1ccc(NS(=O)(=O)c2ccc3[nH]c(=O)cc(C(=O)Nc4ccn(C)n4)c3c2)cc1. The van der Waals surface area contributed by atoms with E-state index in [1.807, 2.05) is 6.92 Å². The Labute approximate surface area is 189 Å². The third kappa shape index (κ3) is 4.88. The number of nitrogens with one attached hydrogen (secondary N) is 3. The Bertz CT molecular complexity index is 1490. The maximum Gasteiger partial charge on any atom is 0.261 e. The molecule has 33 heavy (non-hydrogen) atoms. The number of rotatable bonds is 7. The summed E-state index contributed by atoms with van der Waals surface area (Å²) >= 11 is 0. The summed E-state index contributed by atoms with van der Waals surface area (Å²) in [6, 6.07) is 13.4. The second kappa shape index (κ2) is 8.79. The van der Waals surface area contributed by atoms with Gasteiger partial charge in [-0.1, -0.05) is 0 Å². The Morgan fingerprint density at radius 3 is 2.55 bits per heavy atom. The second-order valence-corrected chi connectivity index (χ2v) is 8.83. The van der Waals surface area contributed by atoms with Crippen LogP contribution in [0, 0.1) is 0 Å². The molecule has 4 aromatic rings. The number of hydrogen-bond donors (Lipinski definition) is 3. The van der Waals surface area contributed by atoms with Gasteiger partial charge in [-0.05, 0) is 49.4 Å². The van der Waals surface area contributed by atoms with Crippen molar-refractivity contribution in [3.63, 3.8) is 0 Å². The van der Waals surface area contributed by atoms with Gasteiger partial charge in [-0.2, -0.15) is 5.10 Å². The molecular weight excluding hydrogens is 446 g/mol. The predicted octanol–water partition coefficient (Wildman–Crippen LogP) is 2.71. The summed E-state index contributed by atoms with van der Waals surface area (Å²) in [5.74, 6) is 0.342. The lowest BCUT2D eigenvalue weighted by Crippen LogP contribution is -2.18. The monoisotopic (exact) mass is 467 g/mol. The van der Waals surface area contributed by atoms with E-state index < -0.39 is 21.5 Å². The third-order valence-electron chi connectivity index (χ3n) is 4.74. The van der Waals surface area contributed by atoms with E-state index >= 15 is 0 Å². The topological polar surface area (TPSA) is 135 Å². The number of aromatic amines is 1. The van der Waals surface area contributed by atoms with Crippen LogP contribution in [-0.2, 0) is 17.1 Å². The van der Waals surface area contributed by atoms with Crippen molar-refractivity contribution in [1.82, 2.24) is 14.8 Å². The third-order valence-corrected chi connectivity index (χ3v) is 6.12. The van der Waals surface area contributed by atoms with Crippen molar-refractivity contribution >= 4 is 38.3 Å². The van der Waals surface area contributed by atoms with E-state index in [1.165, 1.54) is 22.9 Å². The van der Waals surface area contributed by atoms with Gasteiger partial charge in [0.1, 0.15) is 5.75 Å². The number of carbonyl (C=O) groups is 1. The Morgan fingerprint density at radius 2 is 1.88 bits per heavy atom. The fourth-order valence-corrected chi connectivity index (χ4v) is 4.34. The lowest BCUT2D eigenvalue weighted by Gasteiger charge is -2.11. The van der Waals surface area contributed by atoms with Crippen LogP contribution in [0.15, 0.2) is 70.5 Å². The van der Waals surface area contributed by atoms with Gasteiger partial charge in [0.05, 0.1) is 17.1 Å². The summed E-state index contributed by atoms with van der Waals surface area (Å²) in [4.78, 5) is 27.5. The highest BCUT2D eigenvalue weighted by molar-refractivity contribution is 7.92. The molecule has 0 aliphatic rings. The van der Waals surface area contributed by atoms with Crippen LogP contribution in [0.25, 0.3) is 10.9 Å². The molecule has 2 aromatic carbocycles. The minimum absolute atomic E-state index is 0.0255. The molecule has 11 heteroatoms. The van der Waals surface area contributed by atoms with Gasteiger partial charge < -0.3 is 15.0 Å². The Morgan fingerprint density at radius 1 is 1.12 bits per heavy atom. The number of pyridine rings is 1. The van der Waals surface area contributed by atoms with Crippen LogP contribution in [-0.4, -0.2) is 35.7 Å². The van der Waals surface area contributed by atoms with Crippen molar-refractivity contribution in [2.75, 3.05) is 16.6 Å². The molecule has 0 aliphatic carbocycles. The van der Waals surface area contributed by atoms with Gasteiger partial charge in [-0.3, -0.25) is 19.0 Å². The van der Waals surface area contributed by atoms with E-state index in [1.54, 1.807) is 43.6 Å². The smallest absolute Gasteiger partial charge is 0.261 e. The lowest BCUT2D eigenvalue weighted by molar-refractivity contribution is 0.102. The molecule has 0 aliphatic heterocycles. The van der Waals surface area contributed by atoms with Crippen LogP contribution in [0.2, 0.25) is 0 Å². The first-order valence-corrected chi connectivity index (χ1v) is 11.5. The van der Waals surface area contributed by atoms with Crippen LogP contribution < -0.4 is 20.3 Å². The van der Waals surface area contributed by atoms with Crippen LogP contribution in [0.4, 0.5) is 11.5 Å². The molecule has 0 spiro atoms. The van der Waals surface area contributed by atoms with Crippen molar-refractivity contribution in [2.24, 2.45) is 7.05 Å². The van der Waals surface area contributed by atoms with E-state index in [9.17, 15) is 18.0 Å². The number of aryl methyl sites for hydroxylation is 1. The number of amides is 1. The summed E-state index contributed by atoms with van der Waals surface area (Å²) in [5.41, 5.74) is 0.219. The number of ether oxygens (including phenoxy) is 1. The first-order valence-electron chi connectivity index (χ1n) is 9.99. The molecule has 2 aromatic heterocycles. The molecule has 170 valence electrons. The number of carbonyl (C=O) groups excluding carboxylic acids is 1. The van der Waals surface area contributed by atoms with Gasteiger partial charge in [0.25, 0.3) is 15.9 Å².